The number of hydrogen-bond donors (Lipinski definition) is 2. The third-order valence-electron chi connectivity index (χ3n) is 5.44. The van der Waals surface area contributed by atoms with Gasteiger partial charge in [0.25, 0.3) is 5.91 Å². The van der Waals surface area contributed by atoms with Crippen molar-refractivity contribution in [1.82, 2.24) is 9.97 Å². The fourth-order valence-electron chi connectivity index (χ4n) is 3.86. The van der Waals surface area contributed by atoms with Crippen LogP contribution in [0.5, 0.6) is 0 Å². The highest BCUT2D eigenvalue weighted by molar-refractivity contribution is 5.96. The average molecular weight is 394 g/mol. The molecule has 0 saturated carbocycles. The number of aromatic nitrogens is 2. The number of amides is 2. The second-order valence-corrected chi connectivity index (χ2v) is 7.51. The number of hydrogen-bond acceptors (Lipinski definition) is 6. The van der Waals surface area contributed by atoms with Gasteiger partial charge in [-0.05, 0) is 56.4 Å². The minimum atomic E-state index is -0.624. The molecule has 2 aliphatic heterocycles. The van der Waals surface area contributed by atoms with Gasteiger partial charge in [0.1, 0.15) is 5.82 Å². The molecule has 29 heavy (non-hydrogen) atoms. The first-order valence-corrected chi connectivity index (χ1v) is 10.2. The van der Waals surface area contributed by atoms with Crippen LogP contribution in [0, 0.1) is 0 Å². The predicted octanol–water partition coefficient (Wildman–Crippen LogP) is 2.83. The summed E-state index contributed by atoms with van der Waals surface area (Å²) in [5, 5.41) is 3.17. The number of primary amides is 1. The Morgan fingerprint density at radius 2 is 1.72 bits per heavy atom. The Hall–Kier alpha value is -3.16. The fraction of sp³-hybridized carbons (Fsp3) is 0.429. The normalized spacial score (nSPS) is 17.3. The number of anilines is 4. The van der Waals surface area contributed by atoms with Crippen LogP contribution in [0.3, 0.4) is 0 Å². The van der Waals surface area contributed by atoms with E-state index in [9.17, 15) is 9.59 Å². The summed E-state index contributed by atoms with van der Waals surface area (Å²) in [5.74, 6) is 0.629. The first-order valence-electron chi connectivity index (χ1n) is 10.2. The van der Waals surface area contributed by atoms with Gasteiger partial charge in [-0.15, -0.1) is 0 Å². The quantitative estimate of drug-likeness (QED) is 0.808. The van der Waals surface area contributed by atoms with Crippen molar-refractivity contribution in [3.05, 3.63) is 36.2 Å². The van der Waals surface area contributed by atoms with Gasteiger partial charge >= 0.3 is 0 Å². The molecule has 3 N–H and O–H groups in total. The van der Waals surface area contributed by atoms with E-state index in [0.29, 0.717) is 12.2 Å². The summed E-state index contributed by atoms with van der Waals surface area (Å²) in [4.78, 5) is 36.8. The maximum absolute atomic E-state index is 12.1. The molecule has 0 bridgehead atoms. The summed E-state index contributed by atoms with van der Waals surface area (Å²) in [6.07, 6.45) is 7.66. The summed E-state index contributed by atoms with van der Waals surface area (Å²) in [7, 11) is 0. The maximum Gasteiger partial charge on any atom is 0.271 e. The topological polar surface area (TPSA) is 104 Å². The van der Waals surface area contributed by atoms with Gasteiger partial charge in [-0.1, -0.05) is 0 Å². The van der Waals surface area contributed by atoms with E-state index >= 15 is 0 Å². The summed E-state index contributed by atoms with van der Waals surface area (Å²) >= 11 is 0. The Kier molecular flexibility index (Phi) is 5.59. The van der Waals surface area contributed by atoms with Crippen LogP contribution in [-0.4, -0.2) is 41.4 Å². The van der Waals surface area contributed by atoms with Crippen LogP contribution in [0.2, 0.25) is 0 Å². The summed E-state index contributed by atoms with van der Waals surface area (Å²) in [6, 6.07) is 7.54. The number of piperidine rings is 2. The van der Waals surface area contributed by atoms with Gasteiger partial charge in [0.15, 0.2) is 11.5 Å². The SMILES string of the molecule is NC(=O)c1ncc(N2CCCCC2)nc1Nc1ccc(N2CCCCC2=O)cc1. The smallest absolute Gasteiger partial charge is 0.271 e. The first-order chi connectivity index (χ1) is 14.1. The van der Waals surface area contributed by atoms with Gasteiger partial charge in [-0.3, -0.25) is 9.59 Å². The molecule has 0 spiro atoms. The lowest BCUT2D eigenvalue weighted by molar-refractivity contribution is -0.119. The molecular weight excluding hydrogens is 368 g/mol. The molecule has 4 rings (SSSR count). The molecule has 0 atom stereocenters. The number of carbonyl (C=O) groups excluding carboxylic acids is 2. The summed E-state index contributed by atoms with van der Waals surface area (Å²) in [5.41, 5.74) is 7.24. The van der Waals surface area contributed by atoms with E-state index in [2.05, 4.69) is 20.2 Å². The second kappa shape index (κ2) is 8.46. The molecular formula is C21H26N6O2. The molecule has 0 aliphatic carbocycles. The molecule has 8 nitrogen and oxygen atoms in total. The Morgan fingerprint density at radius 3 is 2.41 bits per heavy atom. The van der Waals surface area contributed by atoms with E-state index in [1.165, 1.54) is 6.42 Å². The van der Waals surface area contributed by atoms with Crippen molar-refractivity contribution in [2.24, 2.45) is 5.73 Å². The molecule has 2 aliphatic rings. The summed E-state index contributed by atoms with van der Waals surface area (Å²) < 4.78 is 0. The van der Waals surface area contributed by atoms with Crippen molar-refractivity contribution in [1.29, 1.82) is 0 Å². The second-order valence-electron chi connectivity index (χ2n) is 7.51. The van der Waals surface area contributed by atoms with E-state index in [-0.39, 0.29) is 11.6 Å². The van der Waals surface area contributed by atoms with Crippen molar-refractivity contribution in [2.75, 3.05) is 34.8 Å². The molecule has 1 aromatic carbocycles. The van der Waals surface area contributed by atoms with E-state index in [1.54, 1.807) is 6.20 Å². The van der Waals surface area contributed by atoms with Crippen LogP contribution < -0.4 is 20.9 Å². The van der Waals surface area contributed by atoms with Gasteiger partial charge in [-0.2, -0.15) is 0 Å². The highest BCUT2D eigenvalue weighted by Crippen LogP contribution is 2.26. The number of nitrogens with one attached hydrogen (secondary N) is 1. The lowest BCUT2D eigenvalue weighted by Crippen LogP contribution is -2.35. The largest absolute Gasteiger partial charge is 0.364 e. The molecule has 2 aromatic rings. The maximum atomic E-state index is 12.1. The highest BCUT2D eigenvalue weighted by Gasteiger charge is 2.20. The lowest BCUT2D eigenvalue weighted by Gasteiger charge is -2.28. The Morgan fingerprint density at radius 1 is 1.00 bits per heavy atom. The van der Waals surface area contributed by atoms with Crippen LogP contribution >= 0.6 is 0 Å². The van der Waals surface area contributed by atoms with Crippen molar-refractivity contribution in [2.45, 2.75) is 38.5 Å². The third-order valence-corrected chi connectivity index (χ3v) is 5.44. The van der Waals surface area contributed by atoms with Crippen LogP contribution in [0.4, 0.5) is 23.0 Å². The van der Waals surface area contributed by atoms with Crippen molar-refractivity contribution in [3.8, 4) is 0 Å². The lowest BCUT2D eigenvalue weighted by atomic mass is 10.1. The summed E-state index contributed by atoms with van der Waals surface area (Å²) in [6.45, 7) is 2.62. The zero-order chi connectivity index (χ0) is 20.2. The van der Waals surface area contributed by atoms with E-state index in [1.807, 2.05) is 29.2 Å². The van der Waals surface area contributed by atoms with Crippen molar-refractivity contribution in [3.63, 3.8) is 0 Å². The Balaban J connectivity index is 1.55. The van der Waals surface area contributed by atoms with Crippen molar-refractivity contribution < 1.29 is 9.59 Å². The number of nitrogens with zero attached hydrogens (tertiary/aromatic N) is 4. The Bertz CT molecular complexity index is 893. The zero-order valence-corrected chi connectivity index (χ0v) is 16.4. The molecule has 3 heterocycles. The molecule has 2 fully saturated rings. The number of nitrogens with two attached hydrogens (primary N) is 1. The minimum Gasteiger partial charge on any atom is -0.364 e. The number of carbonyl (C=O) groups is 2. The van der Waals surface area contributed by atoms with Gasteiger partial charge in [0.2, 0.25) is 5.91 Å². The molecule has 152 valence electrons. The third kappa shape index (κ3) is 4.31. The number of rotatable bonds is 5. The van der Waals surface area contributed by atoms with Crippen LogP contribution in [0.15, 0.2) is 30.5 Å². The standard InChI is InChI=1S/C21H26N6O2/c22-20(29)19-21(25-17(14-23-19)26-11-3-1-4-12-26)24-15-7-9-16(10-8-15)27-13-5-2-6-18(27)28/h7-10,14H,1-6,11-13H2,(H2,22,29)(H,24,25). The first kappa shape index (κ1) is 19.2. The van der Waals surface area contributed by atoms with Crippen molar-refractivity contribution >= 4 is 34.8 Å². The zero-order valence-electron chi connectivity index (χ0n) is 16.4. The molecule has 8 heteroatoms. The molecule has 2 saturated heterocycles. The van der Waals surface area contributed by atoms with Crippen LogP contribution in [-0.2, 0) is 4.79 Å². The van der Waals surface area contributed by atoms with E-state index in [0.717, 1.165) is 62.5 Å². The van der Waals surface area contributed by atoms with E-state index < -0.39 is 5.91 Å². The molecule has 0 unspecified atom stereocenters. The van der Waals surface area contributed by atoms with Gasteiger partial charge < -0.3 is 20.9 Å². The van der Waals surface area contributed by atoms with Gasteiger partial charge in [0.05, 0.1) is 6.20 Å². The molecule has 1 aromatic heterocycles. The van der Waals surface area contributed by atoms with E-state index in [4.69, 9.17) is 5.73 Å². The Labute approximate surface area is 170 Å². The fourth-order valence-corrected chi connectivity index (χ4v) is 3.86. The average Bonchev–Trinajstić information content (AvgIpc) is 2.75. The minimum absolute atomic E-state index is 0.112. The molecule has 0 radical (unpaired) electrons. The molecule has 2 amide bonds. The van der Waals surface area contributed by atoms with Crippen LogP contribution in [0.25, 0.3) is 0 Å². The highest BCUT2D eigenvalue weighted by atomic mass is 16.2. The van der Waals surface area contributed by atoms with Crippen LogP contribution in [0.1, 0.15) is 49.0 Å². The van der Waals surface area contributed by atoms with Gasteiger partial charge in [0, 0.05) is 37.4 Å². The monoisotopic (exact) mass is 394 g/mol. The number of benzene rings is 1. The van der Waals surface area contributed by atoms with Gasteiger partial charge in [-0.25, -0.2) is 9.97 Å². The predicted molar refractivity (Wildman–Crippen MR) is 113 cm³/mol.